The summed E-state index contributed by atoms with van der Waals surface area (Å²) >= 11 is 0. The van der Waals surface area contributed by atoms with E-state index >= 15 is 0 Å². The number of benzene rings is 1. The number of nitrogens with zero attached hydrogens (tertiary/aromatic N) is 1. The van der Waals surface area contributed by atoms with Crippen LogP contribution >= 0.6 is 0 Å². The first kappa shape index (κ1) is 21.2. The Kier molecular flexibility index (Phi) is 7.24. The molecule has 8 heteroatoms. The second kappa shape index (κ2) is 9.21. The third-order valence-electron chi connectivity index (χ3n) is 4.87. The van der Waals surface area contributed by atoms with Crippen molar-refractivity contribution in [3.63, 3.8) is 0 Å². The lowest BCUT2D eigenvalue weighted by molar-refractivity contribution is -0.140. The molecule has 1 aliphatic rings. The van der Waals surface area contributed by atoms with Gasteiger partial charge in [0.1, 0.15) is 0 Å². The Morgan fingerprint density at radius 3 is 2.70 bits per heavy atom. The van der Waals surface area contributed by atoms with Crippen LogP contribution in [0.15, 0.2) is 24.3 Å². The van der Waals surface area contributed by atoms with Gasteiger partial charge >= 0.3 is 6.18 Å². The van der Waals surface area contributed by atoms with E-state index in [0.29, 0.717) is 39.0 Å². The topological polar surface area (TPSA) is 75.4 Å². The standard InChI is InChI=1S/C19H26F3N3O2/c1-13(15-6-2-3-7-16(15)19(20,21)22)11-17(26)25-10-4-5-14(12-25)18(27)24-9-8-23/h2-3,6-7,13-14H,4-5,8-12,23H2,1H3,(H,24,27). The van der Waals surface area contributed by atoms with E-state index < -0.39 is 17.7 Å². The number of carbonyl (C=O) groups is 2. The van der Waals surface area contributed by atoms with Gasteiger partial charge in [0, 0.05) is 32.6 Å². The maximum Gasteiger partial charge on any atom is 0.416 e. The van der Waals surface area contributed by atoms with Crippen LogP contribution in [0.1, 0.15) is 43.2 Å². The van der Waals surface area contributed by atoms with Crippen molar-refractivity contribution in [2.24, 2.45) is 11.7 Å². The van der Waals surface area contributed by atoms with E-state index in [2.05, 4.69) is 5.32 Å². The molecule has 0 bridgehead atoms. The number of hydrogen-bond acceptors (Lipinski definition) is 3. The lowest BCUT2D eigenvalue weighted by Gasteiger charge is -2.33. The second-order valence-electron chi connectivity index (χ2n) is 6.95. The number of rotatable bonds is 6. The molecule has 2 rings (SSSR count). The molecule has 3 N–H and O–H groups in total. The SMILES string of the molecule is CC(CC(=O)N1CCCC(C(=O)NCCN)C1)c1ccccc1C(F)(F)F. The Morgan fingerprint density at radius 1 is 1.33 bits per heavy atom. The molecule has 27 heavy (non-hydrogen) atoms. The van der Waals surface area contributed by atoms with Gasteiger partial charge in [-0.2, -0.15) is 13.2 Å². The van der Waals surface area contributed by atoms with E-state index in [4.69, 9.17) is 5.73 Å². The lowest BCUT2D eigenvalue weighted by Crippen LogP contribution is -2.46. The number of alkyl halides is 3. The molecular formula is C19H26F3N3O2. The molecule has 0 radical (unpaired) electrons. The third kappa shape index (κ3) is 5.69. The molecule has 0 aromatic heterocycles. The zero-order valence-corrected chi connectivity index (χ0v) is 15.4. The first-order chi connectivity index (χ1) is 12.7. The number of piperidine rings is 1. The largest absolute Gasteiger partial charge is 0.416 e. The number of nitrogens with one attached hydrogen (secondary N) is 1. The fraction of sp³-hybridized carbons (Fsp3) is 0.579. The van der Waals surface area contributed by atoms with Crippen LogP contribution < -0.4 is 11.1 Å². The van der Waals surface area contributed by atoms with Crippen molar-refractivity contribution in [1.82, 2.24) is 10.2 Å². The summed E-state index contributed by atoms with van der Waals surface area (Å²) in [7, 11) is 0. The fourth-order valence-electron chi connectivity index (χ4n) is 3.44. The first-order valence-electron chi connectivity index (χ1n) is 9.15. The molecule has 2 amide bonds. The Bertz CT molecular complexity index is 664. The van der Waals surface area contributed by atoms with Crippen LogP contribution in [0.2, 0.25) is 0 Å². The van der Waals surface area contributed by atoms with Gasteiger partial charge in [-0.25, -0.2) is 0 Å². The van der Waals surface area contributed by atoms with Crippen molar-refractivity contribution in [2.45, 2.75) is 38.3 Å². The van der Waals surface area contributed by atoms with Gasteiger partial charge in [0.15, 0.2) is 0 Å². The molecule has 150 valence electrons. The average Bonchev–Trinajstić information content (AvgIpc) is 2.65. The minimum Gasteiger partial charge on any atom is -0.355 e. The summed E-state index contributed by atoms with van der Waals surface area (Å²) in [4.78, 5) is 26.3. The maximum absolute atomic E-state index is 13.2. The van der Waals surface area contributed by atoms with E-state index in [9.17, 15) is 22.8 Å². The molecule has 1 aromatic carbocycles. The van der Waals surface area contributed by atoms with Crippen molar-refractivity contribution < 1.29 is 22.8 Å². The summed E-state index contributed by atoms with van der Waals surface area (Å²) in [6, 6.07) is 5.34. The molecule has 0 saturated carbocycles. The molecule has 2 atom stereocenters. The Morgan fingerprint density at radius 2 is 2.04 bits per heavy atom. The highest BCUT2D eigenvalue weighted by Crippen LogP contribution is 2.36. The van der Waals surface area contributed by atoms with E-state index in [1.165, 1.54) is 12.1 Å². The molecule has 1 aromatic rings. The van der Waals surface area contributed by atoms with Crippen LogP contribution in [-0.4, -0.2) is 42.9 Å². The van der Waals surface area contributed by atoms with Gasteiger partial charge in [0.25, 0.3) is 0 Å². The molecule has 2 unspecified atom stereocenters. The third-order valence-corrected chi connectivity index (χ3v) is 4.87. The smallest absolute Gasteiger partial charge is 0.355 e. The molecule has 1 aliphatic heterocycles. The van der Waals surface area contributed by atoms with Crippen LogP contribution in [-0.2, 0) is 15.8 Å². The fourth-order valence-corrected chi connectivity index (χ4v) is 3.44. The maximum atomic E-state index is 13.2. The van der Waals surface area contributed by atoms with Gasteiger partial charge in [0.2, 0.25) is 11.8 Å². The summed E-state index contributed by atoms with van der Waals surface area (Å²) in [6.45, 7) is 3.17. The van der Waals surface area contributed by atoms with Crippen LogP contribution in [0, 0.1) is 5.92 Å². The highest BCUT2D eigenvalue weighted by molar-refractivity contribution is 5.81. The number of hydrogen-bond donors (Lipinski definition) is 2. The van der Waals surface area contributed by atoms with Crippen LogP contribution in [0.5, 0.6) is 0 Å². The van der Waals surface area contributed by atoms with E-state index in [1.807, 2.05) is 0 Å². The molecule has 1 fully saturated rings. The monoisotopic (exact) mass is 385 g/mol. The van der Waals surface area contributed by atoms with Gasteiger partial charge in [-0.1, -0.05) is 25.1 Å². The summed E-state index contributed by atoms with van der Waals surface area (Å²) in [5.74, 6) is -1.22. The quantitative estimate of drug-likeness (QED) is 0.790. The zero-order valence-electron chi connectivity index (χ0n) is 15.4. The van der Waals surface area contributed by atoms with Crippen molar-refractivity contribution in [3.8, 4) is 0 Å². The van der Waals surface area contributed by atoms with Gasteiger partial charge in [0.05, 0.1) is 11.5 Å². The van der Waals surface area contributed by atoms with Gasteiger partial charge in [-0.15, -0.1) is 0 Å². The number of nitrogens with two attached hydrogens (primary N) is 1. The number of likely N-dealkylation sites (tertiary alicyclic amines) is 1. The number of amides is 2. The average molecular weight is 385 g/mol. The normalized spacial score (nSPS) is 18.9. The summed E-state index contributed by atoms with van der Waals surface area (Å²) in [5.41, 5.74) is 4.79. The molecular weight excluding hydrogens is 359 g/mol. The second-order valence-corrected chi connectivity index (χ2v) is 6.95. The Hall–Kier alpha value is -2.09. The Balaban J connectivity index is 2.01. The zero-order chi connectivity index (χ0) is 20.0. The highest BCUT2D eigenvalue weighted by Gasteiger charge is 2.35. The predicted octanol–water partition coefficient (Wildman–Crippen LogP) is 2.51. The summed E-state index contributed by atoms with van der Waals surface area (Å²) in [6.07, 6.45) is -3.10. The minimum atomic E-state index is -4.45. The van der Waals surface area contributed by atoms with Crippen LogP contribution in [0.25, 0.3) is 0 Å². The number of halogens is 3. The van der Waals surface area contributed by atoms with Gasteiger partial charge < -0.3 is 16.0 Å². The first-order valence-corrected chi connectivity index (χ1v) is 9.15. The molecule has 1 heterocycles. The van der Waals surface area contributed by atoms with Crippen molar-refractivity contribution in [2.75, 3.05) is 26.2 Å². The van der Waals surface area contributed by atoms with Gasteiger partial charge in [-0.3, -0.25) is 9.59 Å². The van der Waals surface area contributed by atoms with E-state index in [0.717, 1.165) is 6.07 Å². The Labute approximate surface area is 157 Å². The minimum absolute atomic E-state index is 0.0236. The summed E-state index contributed by atoms with van der Waals surface area (Å²) < 4.78 is 39.6. The van der Waals surface area contributed by atoms with E-state index in [-0.39, 0.29) is 29.7 Å². The molecule has 1 saturated heterocycles. The van der Waals surface area contributed by atoms with Crippen molar-refractivity contribution >= 4 is 11.8 Å². The van der Waals surface area contributed by atoms with Crippen LogP contribution in [0.4, 0.5) is 13.2 Å². The predicted molar refractivity (Wildman–Crippen MR) is 95.8 cm³/mol. The van der Waals surface area contributed by atoms with Crippen LogP contribution in [0.3, 0.4) is 0 Å². The molecule has 0 spiro atoms. The molecule has 0 aliphatic carbocycles. The summed E-state index contributed by atoms with van der Waals surface area (Å²) in [5, 5.41) is 2.73. The van der Waals surface area contributed by atoms with E-state index in [1.54, 1.807) is 17.9 Å². The number of carbonyl (C=O) groups excluding carboxylic acids is 2. The molecule has 5 nitrogen and oxygen atoms in total. The lowest BCUT2D eigenvalue weighted by atomic mass is 9.91. The van der Waals surface area contributed by atoms with Crippen molar-refractivity contribution in [1.29, 1.82) is 0 Å². The highest BCUT2D eigenvalue weighted by atomic mass is 19.4. The van der Waals surface area contributed by atoms with Crippen molar-refractivity contribution in [3.05, 3.63) is 35.4 Å². The van der Waals surface area contributed by atoms with Gasteiger partial charge in [-0.05, 0) is 30.4 Å².